The first kappa shape index (κ1) is 20.2. The second kappa shape index (κ2) is 7.63. The van der Waals surface area contributed by atoms with Crippen molar-refractivity contribution in [3.05, 3.63) is 66.6 Å². The molecular formula is C21H16F3N5O2. The topological polar surface area (TPSA) is 92.1 Å². The summed E-state index contributed by atoms with van der Waals surface area (Å²) in [4.78, 5) is 16.4. The Hall–Kier alpha value is -4.08. The molecule has 0 fully saturated rings. The van der Waals surface area contributed by atoms with E-state index in [1.807, 2.05) is 0 Å². The molecule has 4 aromatic rings. The first-order valence-electron chi connectivity index (χ1n) is 9.07. The third kappa shape index (κ3) is 4.13. The van der Waals surface area contributed by atoms with Crippen LogP contribution in [0.5, 0.6) is 5.75 Å². The number of benzene rings is 2. The number of phenols is 1. The largest absolute Gasteiger partial charge is 0.507 e. The number of alkyl halides is 3. The maximum Gasteiger partial charge on any atom is 0.416 e. The molecule has 0 saturated heterocycles. The number of nitrogens with zero attached hydrogens (tertiary/aromatic N) is 3. The average Bonchev–Trinajstić information content (AvgIpc) is 3.09. The number of amides is 2. The van der Waals surface area contributed by atoms with E-state index in [1.54, 1.807) is 42.5 Å². The van der Waals surface area contributed by atoms with Gasteiger partial charge in [0.25, 0.3) is 0 Å². The number of urea groups is 1. The maximum atomic E-state index is 12.8. The van der Waals surface area contributed by atoms with Crippen molar-refractivity contribution in [1.82, 2.24) is 14.8 Å². The van der Waals surface area contributed by atoms with E-state index in [2.05, 4.69) is 20.7 Å². The van der Waals surface area contributed by atoms with Gasteiger partial charge in [-0.15, -0.1) is 0 Å². The van der Waals surface area contributed by atoms with Crippen molar-refractivity contribution < 1.29 is 23.1 Å². The number of anilines is 2. The number of fused-ring (bicyclic) bond motifs is 1. The third-order valence-electron chi connectivity index (χ3n) is 4.67. The normalized spacial score (nSPS) is 11.5. The summed E-state index contributed by atoms with van der Waals surface area (Å²) in [5.41, 5.74) is 1.34. The van der Waals surface area contributed by atoms with Crippen LogP contribution in [0.3, 0.4) is 0 Å². The van der Waals surface area contributed by atoms with Crippen LogP contribution in [0, 0.1) is 0 Å². The number of carbonyl (C=O) groups excluding carboxylic acids is 1. The monoisotopic (exact) mass is 427 g/mol. The zero-order valence-corrected chi connectivity index (χ0v) is 16.1. The molecule has 0 atom stereocenters. The highest BCUT2D eigenvalue weighted by molar-refractivity contribution is 6.01. The van der Waals surface area contributed by atoms with Gasteiger partial charge in [0.05, 0.1) is 23.5 Å². The maximum absolute atomic E-state index is 12.8. The predicted molar refractivity (Wildman–Crippen MR) is 110 cm³/mol. The average molecular weight is 427 g/mol. The lowest BCUT2D eigenvalue weighted by Gasteiger charge is -2.12. The number of pyridine rings is 1. The number of nitrogens with one attached hydrogen (secondary N) is 2. The summed E-state index contributed by atoms with van der Waals surface area (Å²) in [6.45, 7) is 0. The molecule has 158 valence electrons. The Balaban J connectivity index is 1.53. The number of aromatic nitrogens is 3. The standard InChI is InChI=1S/C21H16F3N5O2/c1-29-18-11-25-9-16(17(18)10-26-29)15-6-5-14(8-19(15)30)28-20(31)27-13-4-2-3-12(7-13)21(22,23)24/h2-11,30H,1H3,(H2,27,28,31). The van der Waals surface area contributed by atoms with Gasteiger partial charge in [0.2, 0.25) is 0 Å². The Morgan fingerprint density at radius 1 is 1.00 bits per heavy atom. The first-order valence-corrected chi connectivity index (χ1v) is 9.07. The summed E-state index contributed by atoms with van der Waals surface area (Å²) in [5.74, 6) is -0.102. The zero-order valence-electron chi connectivity index (χ0n) is 16.1. The first-order chi connectivity index (χ1) is 14.7. The molecule has 0 unspecified atom stereocenters. The fraction of sp³-hybridized carbons (Fsp3) is 0.0952. The predicted octanol–water partition coefficient (Wildman–Crippen LogP) is 5.00. The smallest absolute Gasteiger partial charge is 0.416 e. The van der Waals surface area contributed by atoms with Crippen molar-refractivity contribution in [2.24, 2.45) is 7.05 Å². The number of phenolic OH excluding ortho intramolecular Hbond substituents is 1. The number of aromatic hydroxyl groups is 1. The zero-order chi connectivity index (χ0) is 22.2. The van der Waals surface area contributed by atoms with E-state index in [9.17, 15) is 23.1 Å². The molecule has 31 heavy (non-hydrogen) atoms. The lowest BCUT2D eigenvalue weighted by Crippen LogP contribution is -2.19. The van der Waals surface area contributed by atoms with Crippen LogP contribution in [0.25, 0.3) is 22.0 Å². The quantitative estimate of drug-likeness (QED) is 0.429. The molecule has 0 aliphatic rings. The van der Waals surface area contributed by atoms with Crippen LogP contribution < -0.4 is 10.6 Å². The summed E-state index contributed by atoms with van der Waals surface area (Å²) >= 11 is 0. The Kier molecular flexibility index (Phi) is 4.97. The molecule has 2 amide bonds. The van der Waals surface area contributed by atoms with Crippen molar-refractivity contribution in [3.8, 4) is 16.9 Å². The Labute approximate surface area is 174 Å². The van der Waals surface area contributed by atoms with E-state index in [0.29, 0.717) is 11.1 Å². The van der Waals surface area contributed by atoms with Crippen molar-refractivity contribution in [3.63, 3.8) is 0 Å². The third-order valence-corrected chi connectivity index (χ3v) is 4.67. The fourth-order valence-electron chi connectivity index (χ4n) is 3.18. The van der Waals surface area contributed by atoms with Gasteiger partial charge in [-0.3, -0.25) is 9.67 Å². The molecule has 0 saturated carbocycles. The van der Waals surface area contributed by atoms with E-state index in [4.69, 9.17) is 0 Å². The molecule has 0 aliphatic carbocycles. The summed E-state index contributed by atoms with van der Waals surface area (Å²) in [6.07, 6.45) is 0.422. The highest BCUT2D eigenvalue weighted by atomic mass is 19.4. The van der Waals surface area contributed by atoms with Crippen molar-refractivity contribution in [2.75, 3.05) is 10.6 Å². The molecular weight excluding hydrogens is 411 g/mol. The number of carbonyl (C=O) groups is 1. The van der Waals surface area contributed by atoms with E-state index in [0.717, 1.165) is 23.0 Å². The van der Waals surface area contributed by atoms with Crippen LogP contribution in [0.4, 0.5) is 29.3 Å². The molecule has 0 aliphatic heterocycles. The minimum atomic E-state index is -4.51. The molecule has 2 heterocycles. The molecule has 2 aromatic heterocycles. The second-order valence-corrected chi connectivity index (χ2v) is 6.78. The van der Waals surface area contributed by atoms with Crippen LogP contribution in [-0.4, -0.2) is 25.9 Å². The van der Waals surface area contributed by atoms with E-state index >= 15 is 0 Å². The molecule has 2 aromatic carbocycles. The Morgan fingerprint density at radius 3 is 2.45 bits per heavy atom. The van der Waals surface area contributed by atoms with Gasteiger partial charge in [-0.05, 0) is 30.3 Å². The molecule has 0 spiro atoms. The lowest BCUT2D eigenvalue weighted by molar-refractivity contribution is -0.137. The molecule has 10 heteroatoms. The van der Waals surface area contributed by atoms with Crippen molar-refractivity contribution in [2.45, 2.75) is 6.18 Å². The number of aryl methyl sites for hydroxylation is 1. The van der Waals surface area contributed by atoms with E-state index in [1.165, 1.54) is 18.2 Å². The van der Waals surface area contributed by atoms with Crippen LogP contribution in [0.2, 0.25) is 0 Å². The highest BCUT2D eigenvalue weighted by Crippen LogP contribution is 2.35. The summed E-state index contributed by atoms with van der Waals surface area (Å²) in [5, 5.41) is 20.3. The Morgan fingerprint density at radius 2 is 1.74 bits per heavy atom. The van der Waals surface area contributed by atoms with Crippen molar-refractivity contribution >= 4 is 28.3 Å². The minimum absolute atomic E-state index is 0.0116. The van der Waals surface area contributed by atoms with Crippen molar-refractivity contribution in [1.29, 1.82) is 0 Å². The Bertz CT molecular complexity index is 1280. The second-order valence-electron chi connectivity index (χ2n) is 6.78. The summed E-state index contributed by atoms with van der Waals surface area (Å²) in [6, 6.07) is 8.06. The lowest BCUT2D eigenvalue weighted by atomic mass is 10.0. The number of hydrogen-bond acceptors (Lipinski definition) is 4. The highest BCUT2D eigenvalue weighted by Gasteiger charge is 2.30. The van der Waals surface area contributed by atoms with Gasteiger partial charge in [0.1, 0.15) is 5.75 Å². The van der Waals surface area contributed by atoms with Gasteiger partial charge in [-0.2, -0.15) is 18.3 Å². The molecule has 0 bridgehead atoms. The van der Waals surface area contributed by atoms with Gasteiger partial charge in [-0.25, -0.2) is 4.79 Å². The van der Waals surface area contributed by atoms with Crippen LogP contribution in [0.1, 0.15) is 5.56 Å². The van der Waals surface area contributed by atoms with Crippen LogP contribution in [0.15, 0.2) is 61.1 Å². The fourth-order valence-corrected chi connectivity index (χ4v) is 3.18. The van der Waals surface area contributed by atoms with Gasteiger partial charge >= 0.3 is 12.2 Å². The molecule has 7 nitrogen and oxygen atoms in total. The number of hydrogen-bond donors (Lipinski definition) is 3. The summed E-state index contributed by atoms with van der Waals surface area (Å²) < 4.78 is 40.1. The van der Waals surface area contributed by atoms with Gasteiger partial charge in [0, 0.05) is 47.2 Å². The van der Waals surface area contributed by atoms with E-state index in [-0.39, 0.29) is 17.1 Å². The van der Waals surface area contributed by atoms with Gasteiger partial charge in [-0.1, -0.05) is 6.07 Å². The summed E-state index contributed by atoms with van der Waals surface area (Å²) in [7, 11) is 1.78. The number of rotatable bonds is 3. The number of halogens is 3. The van der Waals surface area contributed by atoms with Gasteiger partial charge in [0.15, 0.2) is 0 Å². The molecule has 0 radical (unpaired) electrons. The van der Waals surface area contributed by atoms with Crippen LogP contribution in [-0.2, 0) is 13.2 Å². The SMILES string of the molecule is Cn1ncc2c(-c3ccc(NC(=O)Nc4cccc(C(F)(F)F)c4)cc3O)cncc21. The minimum Gasteiger partial charge on any atom is -0.507 e. The van der Waals surface area contributed by atoms with Gasteiger partial charge < -0.3 is 15.7 Å². The van der Waals surface area contributed by atoms with Crippen LogP contribution >= 0.6 is 0 Å². The van der Waals surface area contributed by atoms with E-state index < -0.39 is 17.8 Å². The molecule has 4 rings (SSSR count). The molecule has 3 N–H and O–H groups in total.